The van der Waals surface area contributed by atoms with E-state index in [1.807, 2.05) is 12.1 Å². The summed E-state index contributed by atoms with van der Waals surface area (Å²) >= 11 is 5.84. The van der Waals surface area contributed by atoms with Crippen molar-refractivity contribution in [2.45, 2.75) is 0 Å². The molecule has 0 unspecified atom stereocenters. The molecule has 0 saturated heterocycles. The van der Waals surface area contributed by atoms with Crippen LogP contribution in [0.15, 0.2) is 30.3 Å². The van der Waals surface area contributed by atoms with Gasteiger partial charge in [0.25, 0.3) is 0 Å². The van der Waals surface area contributed by atoms with Crippen LogP contribution in [0.4, 0.5) is 0 Å². The van der Waals surface area contributed by atoms with E-state index in [0.29, 0.717) is 17.1 Å². The summed E-state index contributed by atoms with van der Waals surface area (Å²) in [5.41, 5.74) is 0.721. The highest BCUT2D eigenvalue weighted by atomic mass is 35.5. The van der Waals surface area contributed by atoms with Gasteiger partial charge >= 0.3 is 0 Å². The largest absolute Gasteiger partial charge is 0.496 e. The molecule has 13 heavy (non-hydrogen) atoms. The van der Waals surface area contributed by atoms with E-state index in [0.717, 1.165) is 5.56 Å². The summed E-state index contributed by atoms with van der Waals surface area (Å²) in [4.78, 5) is 10.2. The molecule has 0 spiro atoms. The van der Waals surface area contributed by atoms with E-state index in [2.05, 4.69) is 0 Å². The number of halogens is 1. The standard InChI is InChI=1S/C10H9ClO2/c1-13-10-5-3-2-4-8(10)9(11)6-7-12/h2-7H,1H3/b9-6+. The monoisotopic (exact) mass is 196 g/mol. The second-order valence-corrected chi connectivity index (χ2v) is 2.76. The molecule has 0 atom stereocenters. The smallest absolute Gasteiger partial charge is 0.144 e. The number of rotatable bonds is 3. The van der Waals surface area contributed by atoms with E-state index in [1.54, 1.807) is 19.2 Å². The lowest BCUT2D eigenvalue weighted by molar-refractivity contribution is -0.104. The highest BCUT2D eigenvalue weighted by molar-refractivity contribution is 6.50. The number of aldehydes is 1. The summed E-state index contributed by atoms with van der Waals surface area (Å²) in [5, 5.41) is 0.382. The Balaban J connectivity index is 3.12. The third-order valence-corrected chi connectivity index (χ3v) is 1.91. The van der Waals surface area contributed by atoms with Crippen LogP contribution in [0.25, 0.3) is 5.03 Å². The summed E-state index contributed by atoms with van der Waals surface area (Å²) < 4.78 is 5.07. The molecule has 0 saturated carbocycles. The van der Waals surface area contributed by atoms with Crippen molar-refractivity contribution in [1.82, 2.24) is 0 Å². The van der Waals surface area contributed by atoms with Crippen molar-refractivity contribution in [2.75, 3.05) is 7.11 Å². The van der Waals surface area contributed by atoms with Crippen molar-refractivity contribution >= 4 is 22.9 Å². The Morgan fingerprint density at radius 1 is 1.46 bits per heavy atom. The van der Waals surface area contributed by atoms with Gasteiger partial charge in [-0.2, -0.15) is 0 Å². The quantitative estimate of drug-likeness (QED) is 0.549. The van der Waals surface area contributed by atoms with E-state index >= 15 is 0 Å². The lowest BCUT2D eigenvalue weighted by Crippen LogP contribution is -1.87. The Morgan fingerprint density at radius 2 is 2.15 bits per heavy atom. The second-order valence-electron chi connectivity index (χ2n) is 2.35. The summed E-state index contributed by atoms with van der Waals surface area (Å²) in [7, 11) is 1.56. The first-order valence-electron chi connectivity index (χ1n) is 3.74. The first-order valence-corrected chi connectivity index (χ1v) is 4.11. The molecule has 1 rings (SSSR count). The van der Waals surface area contributed by atoms with Crippen LogP contribution in [0, 0.1) is 0 Å². The molecule has 68 valence electrons. The maximum atomic E-state index is 10.2. The first kappa shape index (κ1) is 9.81. The third kappa shape index (κ3) is 2.33. The van der Waals surface area contributed by atoms with Crippen LogP contribution in [-0.2, 0) is 4.79 Å². The Bertz CT molecular complexity index is 331. The van der Waals surface area contributed by atoms with Crippen molar-refractivity contribution in [2.24, 2.45) is 0 Å². The summed E-state index contributed by atoms with van der Waals surface area (Å²) in [5.74, 6) is 0.658. The molecule has 0 fully saturated rings. The molecule has 2 nitrogen and oxygen atoms in total. The number of benzene rings is 1. The van der Waals surface area contributed by atoms with Gasteiger partial charge < -0.3 is 4.74 Å². The number of methoxy groups -OCH3 is 1. The van der Waals surface area contributed by atoms with Crippen molar-refractivity contribution < 1.29 is 9.53 Å². The molecule has 0 heterocycles. The summed E-state index contributed by atoms with van der Waals surface area (Å²) in [6.07, 6.45) is 1.94. The SMILES string of the molecule is COc1ccccc1/C(Cl)=C\C=O. The number of carbonyl (C=O) groups is 1. The summed E-state index contributed by atoms with van der Waals surface area (Å²) in [6, 6.07) is 7.25. The molecule has 0 amide bonds. The zero-order chi connectivity index (χ0) is 9.68. The summed E-state index contributed by atoms with van der Waals surface area (Å²) in [6.45, 7) is 0. The Hall–Kier alpha value is -1.28. The van der Waals surface area contributed by atoms with Gasteiger partial charge in [0.05, 0.1) is 12.1 Å². The maximum absolute atomic E-state index is 10.2. The molecular weight excluding hydrogens is 188 g/mol. The van der Waals surface area contributed by atoms with Crippen LogP contribution in [-0.4, -0.2) is 13.4 Å². The van der Waals surface area contributed by atoms with Crippen LogP contribution >= 0.6 is 11.6 Å². The molecule has 0 aromatic heterocycles. The fraction of sp³-hybridized carbons (Fsp3) is 0.100. The molecule has 0 bridgehead atoms. The fourth-order valence-corrected chi connectivity index (χ4v) is 1.20. The predicted molar refractivity (Wildman–Crippen MR) is 52.9 cm³/mol. The highest BCUT2D eigenvalue weighted by Gasteiger charge is 2.03. The van der Waals surface area contributed by atoms with Gasteiger partial charge in [-0.1, -0.05) is 23.7 Å². The lowest BCUT2D eigenvalue weighted by Gasteiger charge is -2.05. The van der Waals surface area contributed by atoms with Crippen molar-refractivity contribution in [1.29, 1.82) is 0 Å². The maximum Gasteiger partial charge on any atom is 0.144 e. The highest BCUT2D eigenvalue weighted by Crippen LogP contribution is 2.27. The molecule has 0 aliphatic rings. The van der Waals surface area contributed by atoms with E-state index in [4.69, 9.17) is 16.3 Å². The fourth-order valence-electron chi connectivity index (χ4n) is 0.991. The lowest BCUT2D eigenvalue weighted by atomic mass is 10.2. The van der Waals surface area contributed by atoms with E-state index in [-0.39, 0.29) is 0 Å². The third-order valence-electron chi connectivity index (χ3n) is 1.58. The van der Waals surface area contributed by atoms with E-state index in [1.165, 1.54) is 6.08 Å². The Morgan fingerprint density at radius 3 is 2.77 bits per heavy atom. The number of allylic oxidation sites excluding steroid dienone is 1. The minimum atomic E-state index is 0.382. The normalized spacial score (nSPS) is 11.1. The molecule has 0 radical (unpaired) electrons. The Kier molecular flexibility index (Phi) is 3.53. The van der Waals surface area contributed by atoms with E-state index in [9.17, 15) is 4.79 Å². The first-order chi connectivity index (χ1) is 6.29. The van der Waals surface area contributed by atoms with Crippen LogP contribution in [0.5, 0.6) is 5.75 Å². The van der Waals surface area contributed by atoms with Gasteiger partial charge in [0.15, 0.2) is 0 Å². The number of hydrogen-bond acceptors (Lipinski definition) is 2. The van der Waals surface area contributed by atoms with Crippen LogP contribution < -0.4 is 4.74 Å². The minimum absolute atomic E-state index is 0.382. The zero-order valence-corrected chi connectivity index (χ0v) is 7.91. The average molecular weight is 197 g/mol. The number of para-hydroxylation sites is 1. The molecule has 1 aromatic rings. The average Bonchev–Trinajstić information content (AvgIpc) is 2.18. The molecule has 3 heteroatoms. The predicted octanol–water partition coefficient (Wildman–Crippen LogP) is 2.47. The van der Waals surface area contributed by atoms with Crippen molar-refractivity contribution in [3.8, 4) is 5.75 Å². The zero-order valence-electron chi connectivity index (χ0n) is 7.16. The van der Waals surface area contributed by atoms with E-state index < -0.39 is 0 Å². The topological polar surface area (TPSA) is 26.3 Å². The van der Waals surface area contributed by atoms with Gasteiger partial charge in [-0.3, -0.25) is 4.79 Å². The second kappa shape index (κ2) is 4.67. The molecule has 0 aliphatic carbocycles. The van der Waals surface area contributed by atoms with Gasteiger partial charge in [-0.15, -0.1) is 0 Å². The Labute approximate surface area is 81.8 Å². The number of ether oxygens (including phenoxy) is 1. The number of hydrogen-bond donors (Lipinski definition) is 0. The van der Waals surface area contributed by atoms with Crippen molar-refractivity contribution in [3.05, 3.63) is 35.9 Å². The molecular formula is C10H9ClO2. The van der Waals surface area contributed by atoms with Gasteiger partial charge in [0, 0.05) is 5.56 Å². The molecule has 0 aliphatic heterocycles. The van der Waals surface area contributed by atoms with Gasteiger partial charge in [0.2, 0.25) is 0 Å². The molecule has 0 N–H and O–H groups in total. The molecule has 1 aromatic carbocycles. The van der Waals surface area contributed by atoms with Gasteiger partial charge in [0.1, 0.15) is 12.0 Å². The van der Waals surface area contributed by atoms with Gasteiger partial charge in [-0.05, 0) is 18.2 Å². The van der Waals surface area contributed by atoms with Crippen LogP contribution in [0.2, 0.25) is 0 Å². The minimum Gasteiger partial charge on any atom is -0.496 e. The van der Waals surface area contributed by atoms with Crippen LogP contribution in [0.3, 0.4) is 0 Å². The van der Waals surface area contributed by atoms with Crippen LogP contribution in [0.1, 0.15) is 5.56 Å². The number of carbonyl (C=O) groups excluding carboxylic acids is 1. The van der Waals surface area contributed by atoms with Crippen molar-refractivity contribution in [3.63, 3.8) is 0 Å². The van der Waals surface area contributed by atoms with Gasteiger partial charge in [-0.25, -0.2) is 0 Å².